The Balaban J connectivity index is 0.00000149. The second kappa shape index (κ2) is 11.8. The first-order chi connectivity index (χ1) is 16.0. The first-order valence-electron chi connectivity index (χ1n) is 11.4. The molecule has 1 fully saturated rings. The standard InChI is InChI=1S/C24H26ClN5O.C2H6/c1-28(2)10-6-9-23(31)29-11-13-30(14-12-29)24-20-15-21(25)19(16-22(20)26-17-27-24)18-7-4-3-5-8-18;1-2/h3-9,15-17H,10-14H2,1-2H3;1-2H3/b9-6+;. The molecule has 174 valence electrons. The summed E-state index contributed by atoms with van der Waals surface area (Å²) in [6.45, 7) is 7.51. The molecule has 0 N–H and O–H groups in total. The van der Waals surface area contributed by atoms with Crippen LogP contribution < -0.4 is 4.90 Å². The molecule has 7 heteroatoms. The summed E-state index contributed by atoms with van der Waals surface area (Å²) in [5, 5.41) is 1.60. The van der Waals surface area contributed by atoms with Gasteiger partial charge in [0.2, 0.25) is 5.91 Å². The predicted molar refractivity (Wildman–Crippen MR) is 138 cm³/mol. The smallest absolute Gasteiger partial charge is 0.246 e. The number of amides is 1. The summed E-state index contributed by atoms with van der Waals surface area (Å²) in [7, 11) is 3.96. The lowest BCUT2D eigenvalue weighted by molar-refractivity contribution is -0.126. The lowest BCUT2D eigenvalue weighted by Gasteiger charge is -2.35. The zero-order valence-electron chi connectivity index (χ0n) is 19.8. The van der Waals surface area contributed by atoms with Crippen molar-refractivity contribution < 1.29 is 4.79 Å². The van der Waals surface area contributed by atoms with Crippen LogP contribution >= 0.6 is 11.6 Å². The molecule has 0 atom stereocenters. The molecule has 1 amide bonds. The Bertz CT molecular complexity index is 1090. The van der Waals surface area contributed by atoms with Crippen LogP contribution in [0.4, 0.5) is 5.82 Å². The third-order valence-electron chi connectivity index (χ3n) is 5.41. The van der Waals surface area contributed by atoms with E-state index >= 15 is 0 Å². The molecular formula is C26H32ClN5O. The van der Waals surface area contributed by atoms with Gasteiger partial charge in [-0.1, -0.05) is 61.9 Å². The van der Waals surface area contributed by atoms with Gasteiger partial charge in [-0.15, -0.1) is 0 Å². The van der Waals surface area contributed by atoms with Crippen LogP contribution in [-0.4, -0.2) is 72.5 Å². The maximum Gasteiger partial charge on any atom is 0.246 e. The zero-order valence-corrected chi connectivity index (χ0v) is 20.6. The van der Waals surface area contributed by atoms with Crippen molar-refractivity contribution in [2.75, 3.05) is 51.7 Å². The third-order valence-corrected chi connectivity index (χ3v) is 5.72. The van der Waals surface area contributed by atoms with Gasteiger partial charge >= 0.3 is 0 Å². The fraction of sp³-hybridized carbons (Fsp3) is 0.346. The van der Waals surface area contributed by atoms with Gasteiger partial charge in [0.25, 0.3) is 0 Å². The molecule has 33 heavy (non-hydrogen) atoms. The molecule has 0 aliphatic carbocycles. The number of aromatic nitrogens is 2. The maximum absolute atomic E-state index is 12.4. The van der Waals surface area contributed by atoms with Crippen molar-refractivity contribution in [3.8, 4) is 11.1 Å². The van der Waals surface area contributed by atoms with Gasteiger partial charge in [-0.2, -0.15) is 0 Å². The molecule has 1 aromatic heterocycles. The fourth-order valence-corrected chi connectivity index (χ4v) is 4.04. The summed E-state index contributed by atoms with van der Waals surface area (Å²) in [6, 6.07) is 14.0. The van der Waals surface area contributed by atoms with Gasteiger partial charge < -0.3 is 14.7 Å². The minimum atomic E-state index is 0.0598. The summed E-state index contributed by atoms with van der Waals surface area (Å²) in [5.74, 6) is 0.923. The molecule has 1 saturated heterocycles. The molecule has 0 saturated carbocycles. The van der Waals surface area contributed by atoms with E-state index in [1.54, 1.807) is 12.4 Å². The van der Waals surface area contributed by atoms with Crippen molar-refractivity contribution in [1.29, 1.82) is 0 Å². The number of anilines is 1. The van der Waals surface area contributed by atoms with E-state index in [2.05, 4.69) is 14.9 Å². The lowest BCUT2D eigenvalue weighted by atomic mass is 10.0. The van der Waals surface area contributed by atoms with Gasteiger partial charge in [-0.25, -0.2) is 9.97 Å². The number of halogens is 1. The largest absolute Gasteiger partial charge is 0.352 e. The molecular weight excluding hydrogens is 434 g/mol. The van der Waals surface area contributed by atoms with Crippen molar-refractivity contribution in [3.63, 3.8) is 0 Å². The second-order valence-corrected chi connectivity index (χ2v) is 8.30. The predicted octanol–water partition coefficient (Wildman–Crippen LogP) is 4.74. The van der Waals surface area contributed by atoms with Gasteiger partial charge in [0.1, 0.15) is 12.1 Å². The number of hydrogen-bond donors (Lipinski definition) is 0. The number of fused-ring (bicyclic) bond motifs is 1. The molecule has 0 spiro atoms. The minimum absolute atomic E-state index is 0.0598. The van der Waals surface area contributed by atoms with Crippen molar-refractivity contribution >= 4 is 34.2 Å². The van der Waals surface area contributed by atoms with E-state index < -0.39 is 0 Å². The maximum atomic E-state index is 12.4. The van der Waals surface area contributed by atoms with E-state index in [0.717, 1.165) is 47.5 Å². The van der Waals surface area contributed by atoms with Crippen LogP contribution in [0.25, 0.3) is 22.0 Å². The lowest BCUT2D eigenvalue weighted by Crippen LogP contribution is -2.48. The van der Waals surface area contributed by atoms with Crippen LogP contribution in [0.5, 0.6) is 0 Å². The number of rotatable bonds is 5. The van der Waals surface area contributed by atoms with E-state index in [-0.39, 0.29) is 5.91 Å². The van der Waals surface area contributed by atoms with Gasteiger partial charge in [0.05, 0.1) is 5.52 Å². The van der Waals surface area contributed by atoms with Crippen LogP contribution in [0.3, 0.4) is 0 Å². The molecule has 2 aromatic carbocycles. The van der Waals surface area contributed by atoms with Crippen molar-refractivity contribution in [2.24, 2.45) is 0 Å². The molecule has 1 aliphatic heterocycles. The van der Waals surface area contributed by atoms with Gasteiger partial charge in [0, 0.05) is 54.8 Å². The number of benzene rings is 2. The molecule has 0 radical (unpaired) electrons. The Kier molecular flexibility index (Phi) is 8.80. The minimum Gasteiger partial charge on any atom is -0.352 e. The van der Waals surface area contributed by atoms with Gasteiger partial charge in [-0.05, 0) is 31.8 Å². The van der Waals surface area contributed by atoms with Gasteiger partial charge in [-0.3, -0.25) is 4.79 Å². The highest BCUT2D eigenvalue weighted by molar-refractivity contribution is 6.34. The van der Waals surface area contributed by atoms with E-state index in [9.17, 15) is 4.79 Å². The molecule has 3 aromatic rings. The van der Waals surface area contributed by atoms with E-state index in [1.807, 2.05) is 86.3 Å². The Labute approximate surface area is 201 Å². The highest BCUT2D eigenvalue weighted by Gasteiger charge is 2.22. The number of carbonyl (C=O) groups excluding carboxylic acids is 1. The summed E-state index contributed by atoms with van der Waals surface area (Å²) >= 11 is 6.65. The van der Waals surface area contributed by atoms with Crippen molar-refractivity contribution in [1.82, 2.24) is 19.8 Å². The average Bonchev–Trinajstić information content (AvgIpc) is 2.85. The van der Waals surface area contributed by atoms with Crippen molar-refractivity contribution in [3.05, 3.63) is 66.0 Å². The summed E-state index contributed by atoms with van der Waals surface area (Å²) in [6.07, 6.45) is 5.17. The van der Waals surface area contributed by atoms with E-state index in [1.165, 1.54) is 0 Å². The Morgan fingerprint density at radius 3 is 2.42 bits per heavy atom. The SMILES string of the molecule is CC.CN(C)C/C=C/C(=O)N1CCN(c2ncnc3cc(-c4ccccc4)c(Cl)cc23)CC1. The summed E-state index contributed by atoms with van der Waals surface area (Å²) in [5.41, 5.74) is 2.88. The number of carbonyl (C=O) groups is 1. The van der Waals surface area contributed by atoms with E-state index in [0.29, 0.717) is 18.1 Å². The third kappa shape index (κ3) is 6.09. The fourth-order valence-electron chi connectivity index (χ4n) is 3.76. The normalized spacial score (nSPS) is 14.0. The number of likely N-dealkylation sites (N-methyl/N-ethyl adjacent to an activating group) is 1. The highest BCUT2D eigenvalue weighted by atomic mass is 35.5. The topological polar surface area (TPSA) is 52.6 Å². The molecule has 1 aliphatic rings. The number of hydrogen-bond acceptors (Lipinski definition) is 5. The highest BCUT2D eigenvalue weighted by Crippen LogP contribution is 2.34. The zero-order chi connectivity index (χ0) is 23.8. The molecule has 0 bridgehead atoms. The van der Waals surface area contributed by atoms with Crippen LogP contribution in [-0.2, 0) is 4.79 Å². The summed E-state index contributed by atoms with van der Waals surface area (Å²) in [4.78, 5) is 27.5. The van der Waals surface area contributed by atoms with Crippen LogP contribution in [0.15, 0.2) is 60.9 Å². The molecule has 4 rings (SSSR count). The molecule has 6 nitrogen and oxygen atoms in total. The van der Waals surface area contributed by atoms with Crippen LogP contribution in [0, 0.1) is 0 Å². The molecule has 0 unspecified atom stereocenters. The van der Waals surface area contributed by atoms with Crippen LogP contribution in [0.2, 0.25) is 5.02 Å². The summed E-state index contributed by atoms with van der Waals surface area (Å²) < 4.78 is 0. The van der Waals surface area contributed by atoms with Crippen LogP contribution in [0.1, 0.15) is 13.8 Å². The van der Waals surface area contributed by atoms with E-state index in [4.69, 9.17) is 11.6 Å². The number of piperazine rings is 1. The first-order valence-corrected chi connectivity index (χ1v) is 11.8. The van der Waals surface area contributed by atoms with Crippen molar-refractivity contribution in [2.45, 2.75) is 13.8 Å². The van der Waals surface area contributed by atoms with Gasteiger partial charge in [0.15, 0.2) is 0 Å². The monoisotopic (exact) mass is 465 g/mol. The average molecular weight is 466 g/mol. The second-order valence-electron chi connectivity index (χ2n) is 7.89. The molecule has 2 heterocycles. The first kappa shape index (κ1) is 24.7. The Morgan fingerprint density at radius 2 is 1.76 bits per heavy atom. The quantitative estimate of drug-likeness (QED) is 0.509. The Morgan fingerprint density at radius 1 is 1.06 bits per heavy atom. The number of nitrogens with zero attached hydrogens (tertiary/aromatic N) is 5. The Hall–Kier alpha value is -2.96.